The van der Waals surface area contributed by atoms with Crippen molar-refractivity contribution in [3.8, 4) is 0 Å². The van der Waals surface area contributed by atoms with E-state index in [4.69, 9.17) is 11.5 Å². The molecule has 4 N–H and O–H groups in total. The molecule has 1 amide bonds. The van der Waals surface area contributed by atoms with Gasteiger partial charge in [-0.2, -0.15) is 0 Å². The summed E-state index contributed by atoms with van der Waals surface area (Å²) in [7, 11) is -3.25. The molecular formula is C7H16N2O3S. The first-order valence-electron chi connectivity index (χ1n) is 4.00. The lowest BCUT2D eigenvalue weighted by Gasteiger charge is -2.09. The maximum absolute atomic E-state index is 11.3. The van der Waals surface area contributed by atoms with E-state index in [-0.39, 0.29) is 11.5 Å². The number of primary amides is 1. The lowest BCUT2D eigenvalue weighted by Crippen LogP contribution is -2.33. The molecule has 0 saturated heterocycles. The average molecular weight is 208 g/mol. The molecule has 5 nitrogen and oxygen atoms in total. The zero-order chi connectivity index (χ0) is 10.6. The molecule has 2 unspecified atom stereocenters. The standard InChI is InChI=1S/C7H16N2O3S/c1-5(7(9)10)3-13(11,12)4-6(2)8/h5-6H,3-4,8H2,1-2H3,(H2,9,10). The van der Waals surface area contributed by atoms with Crippen LogP contribution < -0.4 is 11.5 Å². The summed E-state index contributed by atoms with van der Waals surface area (Å²) in [6.45, 7) is 3.09. The van der Waals surface area contributed by atoms with Crippen LogP contribution >= 0.6 is 0 Å². The number of nitrogens with two attached hydrogens (primary N) is 2. The predicted molar refractivity (Wildman–Crippen MR) is 50.7 cm³/mol. The Morgan fingerprint density at radius 3 is 2.08 bits per heavy atom. The minimum Gasteiger partial charge on any atom is -0.369 e. The summed E-state index contributed by atoms with van der Waals surface area (Å²) in [6, 6.07) is -0.412. The van der Waals surface area contributed by atoms with Crippen molar-refractivity contribution in [1.82, 2.24) is 0 Å². The van der Waals surface area contributed by atoms with Crippen molar-refractivity contribution in [1.29, 1.82) is 0 Å². The second-order valence-electron chi connectivity index (χ2n) is 3.36. The molecule has 6 heteroatoms. The molecule has 0 saturated carbocycles. The monoisotopic (exact) mass is 208 g/mol. The first-order chi connectivity index (χ1) is 5.74. The van der Waals surface area contributed by atoms with E-state index in [1.54, 1.807) is 6.92 Å². The number of hydrogen-bond acceptors (Lipinski definition) is 4. The van der Waals surface area contributed by atoms with Crippen molar-refractivity contribution >= 4 is 15.7 Å². The molecule has 0 aliphatic carbocycles. The van der Waals surface area contributed by atoms with E-state index in [0.29, 0.717) is 0 Å². The minimum atomic E-state index is -3.25. The van der Waals surface area contributed by atoms with Crippen LogP contribution in [0.5, 0.6) is 0 Å². The van der Waals surface area contributed by atoms with E-state index in [2.05, 4.69) is 0 Å². The molecular weight excluding hydrogens is 192 g/mol. The highest BCUT2D eigenvalue weighted by atomic mass is 32.2. The van der Waals surface area contributed by atoms with E-state index in [1.165, 1.54) is 6.92 Å². The van der Waals surface area contributed by atoms with Crippen molar-refractivity contribution in [2.24, 2.45) is 17.4 Å². The summed E-state index contributed by atoms with van der Waals surface area (Å²) in [4.78, 5) is 10.6. The van der Waals surface area contributed by atoms with Crippen LogP contribution in [0.2, 0.25) is 0 Å². The maximum Gasteiger partial charge on any atom is 0.221 e. The number of carbonyl (C=O) groups excluding carboxylic acids is 1. The molecule has 0 rings (SSSR count). The van der Waals surface area contributed by atoms with Crippen LogP contribution in [-0.4, -0.2) is 31.9 Å². The molecule has 13 heavy (non-hydrogen) atoms. The highest BCUT2D eigenvalue weighted by Gasteiger charge is 2.20. The van der Waals surface area contributed by atoms with E-state index < -0.39 is 27.7 Å². The molecule has 0 radical (unpaired) electrons. The Labute approximate surface area is 78.4 Å². The fourth-order valence-corrected chi connectivity index (χ4v) is 2.79. The maximum atomic E-state index is 11.3. The van der Waals surface area contributed by atoms with Gasteiger partial charge in [0.25, 0.3) is 0 Å². The van der Waals surface area contributed by atoms with Crippen molar-refractivity contribution in [3.63, 3.8) is 0 Å². The van der Waals surface area contributed by atoms with E-state index >= 15 is 0 Å². The molecule has 0 heterocycles. The molecule has 0 fully saturated rings. The number of rotatable bonds is 5. The van der Waals surface area contributed by atoms with Gasteiger partial charge in [0.2, 0.25) is 5.91 Å². The Balaban J connectivity index is 4.27. The van der Waals surface area contributed by atoms with Gasteiger partial charge in [-0.05, 0) is 6.92 Å². The van der Waals surface area contributed by atoms with Gasteiger partial charge < -0.3 is 11.5 Å². The molecule has 2 atom stereocenters. The Morgan fingerprint density at radius 2 is 1.77 bits per heavy atom. The van der Waals surface area contributed by atoms with Gasteiger partial charge >= 0.3 is 0 Å². The van der Waals surface area contributed by atoms with Crippen LogP contribution in [-0.2, 0) is 14.6 Å². The Bertz CT molecular complexity index is 271. The second kappa shape index (κ2) is 4.57. The van der Waals surface area contributed by atoms with Gasteiger partial charge in [-0.15, -0.1) is 0 Å². The van der Waals surface area contributed by atoms with Gasteiger partial charge in [0.05, 0.1) is 11.5 Å². The van der Waals surface area contributed by atoms with E-state index in [9.17, 15) is 13.2 Å². The average Bonchev–Trinajstić information content (AvgIpc) is 1.81. The van der Waals surface area contributed by atoms with Gasteiger partial charge in [0.15, 0.2) is 9.84 Å². The van der Waals surface area contributed by atoms with Crippen LogP contribution in [0.1, 0.15) is 13.8 Å². The highest BCUT2D eigenvalue weighted by molar-refractivity contribution is 7.91. The topological polar surface area (TPSA) is 103 Å². The molecule has 0 aliphatic heterocycles. The van der Waals surface area contributed by atoms with Crippen LogP contribution in [0.4, 0.5) is 0 Å². The summed E-state index contributed by atoms with van der Waals surface area (Å²) < 4.78 is 22.5. The number of amides is 1. The van der Waals surface area contributed by atoms with Crippen molar-refractivity contribution in [2.45, 2.75) is 19.9 Å². The van der Waals surface area contributed by atoms with E-state index in [1.807, 2.05) is 0 Å². The third-order valence-electron chi connectivity index (χ3n) is 1.51. The Hall–Kier alpha value is -0.620. The number of sulfone groups is 1. The lowest BCUT2D eigenvalue weighted by atomic mass is 10.2. The summed E-state index contributed by atoms with van der Waals surface area (Å²) in [6.07, 6.45) is 0. The molecule has 0 aromatic carbocycles. The molecule has 0 spiro atoms. The third-order valence-corrected chi connectivity index (χ3v) is 3.55. The van der Waals surface area contributed by atoms with Gasteiger partial charge in [0.1, 0.15) is 0 Å². The van der Waals surface area contributed by atoms with Gasteiger partial charge in [-0.3, -0.25) is 4.79 Å². The number of hydrogen-bond donors (Lipinski definition) is 2. The van der Waals surface area contributed by atoms with Crippen LogP contribution in [0.3, 0.4) is 0 Å². The highest BCUT2D eigenvalue weighted by Crippen LogP contribution is 2.02. The van der Waals surface area contributed by atoms with Gasteiger partial charge in [-0.1, -0.05) is 6.92 Å². The smallest absolute Gasteiger partial charge is 0.221 e. The van der Waals surface area contributed by atoms with Crippen molar-refractivity contribution in [2.75, 3.05) is 11.5 Å². The first-order valence-corrected chi connectivity index (χ1v) is 5.82. The van der Waals surface area contributed by atoms with Crippen LogP contribution in [0, 0.1) is 5.92 Å². The molecule has 0 aromatic rings. The molecule has 0 bridgehead atoms. The molecule has 0 aromatic heterocycles. The van der Waals surface area contributed by atoms with Crippen LogP contribution in [0.15, 0.2) is 0 Å². The minimum absolute atomic E-state index is 0.107. The van der Waals surface area contributed by atoms with Gasteiger partial charge in [0, 0.05) is 12.0 Å². The SMILES string of the molecule is CC(N)CS(=O)(=O)CC(C)C(N)=O. The van der Waals surface area contributed by atoms with Crippen molar-refractivity contribution in [3.05, 3.63) is 0 Å². The number of carbonyl (C=O) groups is 1. The van der Waals surface area contributed by atoms with Crippen molar-refractivity contribution < 1.29 is 13.2 Å². The Kier molecular flexibility index (Phi) is 4.35. The Morgan fingerprint density at radius 1 is 1.31 bits per heavy atom. The fourth-order valence-electron chi connectivity index (χ4n) is 0.932. The summed E-state index contributed by atoms with van der Waals surface area (Å²) in [5.74, 6) is -1.58. The quantitative estimate of drug-likeness (QED) is 0.596. The molecule has 78 valence electrons. The zero-order valence-corrected chi connectivity index (χ0v) is 8.67. The normalized spacial score (nSPS) is 16.5. The zero-order valence-electron chi connectivity index (χ0n) is 7.86. The van der Waals surface area contributed by atoms with E-state index in [0.717, 1.165) is 0 Å². The summed E-state index contributed by atoms with van der Waals surface area (Å²) >= 11 is 0. The first kappa shape index (κ1) is 12.4. The predicted octanol–water partition coefficient (Wildman–Crippen LogP) is -1.13. The summed E-state index contributed by atoms with van der Waals surface area (Å²) in [5, 5.41) is 0. The second-order valence-corrected chi connectivity index (χ2v) is 5.51. The third kappa shape index (κ3) is 5.59. The lowest BCUT2D eigenvalue weighted by molar-refractivity contribution is -0.120. The molecule has 0 aliphatic rings. The van der Waals surface area contributed by atoms with Gasteiger partial charge in [-0.25, -0.2) is 8.42 Å². The fraction of sp³-hybridized carbons (Fsp3) is 0.857. The van der Waals surface area contributed by atoms with Crippen LogP contribution in [0.25, 0.3) is 0 Å². The largest absolute Gasteiger partial charge is 0.369 e. The summed E-state index contributed by atoms with van der Waals surface area (Å²) in [5.41, 5.74) is 10.3.